The second-order valence-electron chi connectivity index (χ2n) is 12.6. The van der Waals surface area contributed by atoms with Crippen LogP contribution in [0.25, 0.3) is 5.57 Å². The minimum atomic E-state index is -5.06. The number of carbonyl (C=O) groups excluding carboxylic acids is 1. The predicted molar refractivity (Wildman–Crippen MR) is 157 cm³/mol. The van der Waals surface area contributed by atoms with E-state index in [1.807, 2.05) is 25.1 Å². The number of carbonyl (C=O) groups is 2. The maximum absolute atomic E-state index is 13.6. The number of methoxy groups -OCH3 is 1. The van der Waals surface area contributed by atoms with Crippen LogP contribution in [-0.2, 0) is 33.2 Å². The van der Waals surface area contributed by atoms with E-state index >= 15 is 0 Å². The van der Waals surface area contributed by atoms with Gasteiger partial charge in [-0.25, -0.2) is 9.78 Å². The highest BCUT2D eigenvalue weighted by molar-refractivity contribution is 5.83. The number of pyridine rings is 1. The van der Waals surface area contributed by atoms with E-state index in [1.165, 1.54) is 18.9 Å². The van der Waals surface area contributed by atoms with Gasteiger partial charge in [0.15, 0.2) is 0 Å². The first kappa shape index (κ1) is 32.7. The number of benzene rings is 1. The number of cyclic esters (lactones) is 1. The van der Waals surface area contributed by atoms with E-state index in [4.69, 9.17) is 14.5 Å². The lowest BCUT2D eigenvalue weighted by Crippen LogP contribution is -2.38. The second kappa shape index (κ2) is 11.8. The molecule has 2 aliphatic carbocycles. The van der Waals surface area contributed by atoms with Gasteiger partial charge in [-0.2, -0.15) is 26.3 Å². The van der Waals surface area contributed by atoms with Crippen molar-refractivity contribution in [2.75, 3.05) is 25.1 Å². The van der Waals surface area contributed by atoms with Gasteiger partial charge in [0, 0.05) is 24.2 Å². The number of carboxylic acids is 1. The molecule has 0 radical (unpaired) electrons. The standard InChI is InChI=1S/C33H33F6N3O5/c1-16-9-27(41-7-4-8-41)40-25(28(16)24-12-18(5-6-26(24)46-3)22-14-23(22)30(43)44)15-42-17(2)29(47-31(42)45)19-10-20(32(34,35)36)13-21(11-19)33(37,38)39/h6,9-13,17-18,22-23,29H,4-5,7-8,14-15H2,1-3H3,(H,43,44)/t17-,18?,22+,23-,29-/m0/s1. The molecule has 252 valence electrons. The monoisotopic (exact) mass is 665 g/mol. The molecule has 1 saturated carbocycles. The summed E-state index contributed by atoms with van der Waals surface area (Å²) in [4.78, 5) is 33.1. The molecule has 1 N–H and O–H groups in total. The molecule has 1 aromatic carbocycles. The Kier molecular flexibility index (Phi) is 8.20. The summed E-state index contributed by atoms with van der Waals surface area (Å²) >= 11 is 0. The Balaban J connectivity index is 1.38. The molecule has 5 atom stereocenters. The second-order valence-corrected chi connectivity index (χ2v) is 12.6. The van der Waals surface area contributed by atoms with Gasteiger partial charge in [0.2, 0.25) is 0 Å². The van der Waals surface area contributed by atoms with E-state index in [-0.39, 0.29) is 24.4 Å². The molecule has 3 heterocycles. The Bertz CT molecular complexity index is 1630. The highest BCUT2D eigenvalue weighted by Crippen LogP contribution is 2.50. The normalized spacial score (nSPS) is 26.0. The van der Waals surface area contributed by atoms with Crippen molar-refractivity contribution in [3.8, 4) is 0 Å². The van der Waals surface area contributed by atoms with Crippen LogP contribution in [0, 0.1) is 24.7 Å². The molecule has 1 unspecified atom stereocenters. The maximum atomic E-state index is 13.6. The van der Waals surface area contributed by atoms with Gasteiger partial charge in [-0.05, 0) is 86.4 Å². The lowest BCUT2D eigenvalue weighted by molar-refractivity contribution is -0.143. The fourth-order valence-electron chi connectivity index (χ4n) is 6.76. The van der Waals surface area contributed by atoms with Crippen LogP contribution in [0.2, 0.25) is 0 Å². The number of hydrogen-bond donors (Lipinski definition) is 1. The van der Waals surface area contributed by atoms with Gasteiger partial charge in [-0.3, -0.25) is 9.69 Å². The maximum Gasteiger partial charge on any atom is 0.416 e. The summed E-state index contributed by atoms with van der Waals surface area (Å²) in [5.74, 6) is -0.179. The Morgan fingerprint density at radius 1 is 1.09 bits per heavy atom. The molecule has 0 bridgehead atoms. The number of halogens is 6. The lowest BCUT2D eigenvalue weighted by Gasteiger charge is -2.34. The van der Waals surface area contributed by atoms with Crippen LogP contribution in [0.5, 0.6) is 0 Å². The van der Waals surface area contributed by atoms with Crippen molar-refractivity contribution in [3.63, 3.8) is 0 Å². The predicted octanol–water partition coefficient (Wildman–Crippen LogP) is 7.37. The van der Waals surface area contributed by atoms with Crippen molar-refractivity contribution in [3.05, 3.63) is 75.7 Å². The first-order valence-corrected chi connectivity index (χ1v) is 15.3. The first-order valence-electron chi connectivity index (χ1n) is 15.3. The number of aromatic nitrogens is 1. The van der Waals surface area contributed by atoms with Gasteiger partial charge in [-0.15, -0.1) is 0 Å². The molecule has 2 aliphatic heterocycles. The van der Waals surface area contributed by atoms with Crippen molar-refractivity contribution >= 4 is 23.5 Å². The smallest absolute Gasteiger partial charge is 0.416 e. The zero-order chi connectivity index (χ0) is 34.0. The van der Waals surface area contributed by atoms with Crippen LogP contribution in [-0.4, -0.2) is 53.3 Å². The third kappa shape index (κ3) is 6.26. The number of amides is 1. The number of rotatable bonds is 8. The van der Waals surface area contributed by atoms with Crippen molar-refractivity contribution in [1.82, 2.24) is 9.88 Å². The largest absolute Gasteiger partial charge is 0.496 e. The van der Waals surface area contributed by atoms with Crippen LogP contribution in [0.1, 0.15) is 65.8 Å². The Morgan fingerprint density at radius 3 is 2.28 bits per heavy atom. The molecule has 2 saturated heterocycles. The molecule has 1 amide bonds. The van der Waals surface area contributed by atoms with E-state index in [0.29, 0.717) is 53.4 Å². The summed E-state index contributed by atoms with van der Waals surface area (Å²) in [5.41, 5.74) is -0.831. The number of carboxylic acid groups (broad SMARTS) is 1. The highest BCUT2D eigenvalue weighted by atomic mass is 19.4. The van der Waals surface area contributed by atoms with Gasteiger partial charge in [0.1, 0.15) is 17.7 Å². The number of aliphatic carboxylic acids is 1. The fraction of sp³-hybridized carbons (Fsp3) is 0.485. The molecule has 47 heavy (non-hydrogen) atoms. The summed E-state index contributed by atoms with van der Waals surface area (Å²) in [6.45, 7) is 4.79. The molecule has 6 rings (SSSR count). The molecular formula is C33H33F6N3O5. The number of allylic oxidation sites excluding steroid dienone is 3. The lowest BCUT2D eigenvalue weighted by atomic mass is 9.85. The van der Waals surface area contributed by atoms with Gasteiger partial charge < -0.3 is 19.5 Å². The average molecular weight is 666 g/mol. The van der Waals surface area contributed by atoms with Crippen molar-refractivity contribution in [1.29, 1.82) is 0 Å². The van der Waals surface area contributed by atoms with Crippen molar-refractivity contribution in [2.45, 2.75) is 64.2 Å². The van der Waals surface area contributed by atoms with E-state index in [9.17, 15) is 41.0 Å². The van der Waals surface area contributed by atoms with Gasteiger partial charge >= 0.3 is 24.4 Å². The summed E-state index contributed by atoms with van der Waals surface area (Å²) in [6.07, 6.45) is -6.43. The molecule has 8 nitrogen and oxygen atoms in total. The Hall–Kier alpha value is -4.23. The topological polar surface area (TPSA) is 92.2 Å². The minimum absolute atomic E-state index is 0.0370. The minimum Gasteiger partial charge on any atom is -0.496 e. The van der Waals surface area contributed by atoms with Crippen LogP contribution >= 0.6 is 0 Å². The molecule has 4 aliphatic rings. The number of alkyl halides is 6. The summed E-state index contributed by atoms with van der Waals surface area (Å²) in [7, 11) is 1.52. The summed E-state index contributed by atoms with van der Waals surface area (Å²) < 4.78 is 92.8. The zero-order valence-corrected chi connectivity index (χ0v) is 25.8. The number of ether oxygens (including phenoxy) is 2. The molecular weight excluding hydrogens is 632 g/mol. The molecule has 0 spiro atoms. The molecule has 14 heteroatoms. The van der Waals surface area contributed by atoms with Crippen LogP contribution in [0.3, 0.4) is 0 Å². The molecule has 3 fully saturated rings. The van der Waals surface area contributed by atoms with Crippen molar-refractivity contribution in [2.24, 2.45) is 17.8 Å². The molecule has 1 aromatic heterocycles. The Labute approximate surface area is 266 Å². The first-order chi connectivity index (χ1) is 22.1. The third-order valence-corrected chi connectivity index (χ3v) is 9.53. The highest BCUT2D eigenvalue weighted by Gasteiger charge is 2.48. The SMILES string of the molecule is COC1=CCC([C@H]2C[C@@H]2C(=O)O)C=C1c1c(C)cc(N2CCC2)nc1CN1C(=O)O[C@H](c2cc(C(F)(F)F)cc(C(F)(F)F)c2)[C@@H]1C. The van der Waals surface area contributed by atoms with Crippen LogP contribution in [0.4, 0.5) is 37.0 Å². The third-order valence-electron chi connectivity index (χ3n) is 9.53. The van der Waals surface area contributed by atoms with Gasteiger partial charge in [0.25, 0.3) is 0 Å². The summed E-state index contributed by atoms with van der Waals surface area (Å²) in [5, 5.41) is 9.52. The zero-order valence-electron chi connectivity index (χ0n) is 25.8. The van der Waals surface area contributed by atoms with Gasteiger partial charge in [0.05, 0.1) is 42.4 Å². The van der Waals surface area contributed by atoms with E-state index in [1.54, 1.807) is 0 Å². The number of nitrogens with zero attached hydrogens (tertiary/aromatic N) is 3. The summed E-state index contributed by atoms with van der Waals surface area (Å²) in [6, 6.07) is 2.16. The van der Waals surface area contributed by atoms with E-state index < -0.39 is 59.2 Å². The van der Waals surface area contributed by atoms with E-state index in [2.05, 4.69) is 4.90 Å². The molecule has 2 aromatic rings. The van der Waals surface area contributed by atoms with Crippen LogP contribution in [0.15, 0.2) is 42.2 Å². The van der Waals surface area contributed by atoms with Crippen molar-refractivity contribution < 1.29 is 50.5 Å². The Morgan fingerprint density at radius 2 is 1.74 bits per heavy atom. The number of aryl methyl sites for hydroxylation is 1. The number of hydrogen-bond acceptors (Lipinski definition) is 6. The van der Waals surface area contributed by atoms with E-state index in [0.717, 1.165) is 25.1 Å². The average Bonchev–Trinajstić information content (AvgIpc) is 3.72. The number of anilines is 1. The quantitative estimate of drug-likeness (QED) is 0.295. The van der Waals surface area contributed by atoms with Gasteiger partial charge in [-0.1, -0.05) is 6.08 Å². The van der Waals surface area contributed by atoms with Crippen LogP contribution < -0.4 is 4.90 Å². The fourth-order valence-corrected chi connectivity index (χ4v) is 6.76.